The van der Waals surface area contributed by atoms with Gasteiger partial charge in [-0.15, -0.1) is 0 Å². The average molecular weight is 264 g/mol. The van der Waals surface area contributed by atoms with Gasteiger partial charge in [0.05, 0.1) is 6.61 Å². The lowest BCUT2D eigenvalue weighted by molar-refractivity contribution is -0.122. The molecule has 1 aromatic carbocycles. The zero-order valence-corrected chi connectivity index (χ0v) is 10.9. The number of benzene rings is 1. The second-order valence-electron chi connectivity index (χ2n) is 4.80. The number of amides is 1. The van der Waals surface area contributed by atoms with E-state index in [4.69, 9.17) is 10.5 Å². The number of fused-ring (bicyclic) bond motifs is 1. The van der Waals surface area contributed by atoms with Crippen molar-refractivity contribution < 1.29 is 14.6 Å². The fourth-order valence-electron chi connectivity index (χ4n) is 2.48. The van der Waals surface area contributed by atoms with Crippen LogP contribution in [0.15, 0.2) is 18.2 Å². The molecule has 5 heteroatoms. The van der Waals surface area contributed by atoms with Crippen LogP contribution in [0.5, 0.6) is 5.75 Å². The fraction of sp³-hybridized carbons (Fsp3) is 0.500. The lowest BCUT2D eigenvalue weighted by Crippen LogP contribution is -2.29. The molecule has 0 fully saturated rings. The van der Waals surface area contributed by atoms with Crippen molar-refractivity contribution in [3.05, 3.63) is 29.3 Å². The van der Waals surface area contributed by atoms with E-state index in [0.717, 1.165) is 19.3 Å². The maximum Gasteiger partial charge on any atom is 0.243 e. The zero-order valence-electron chi connectivity index (χ0n) is 10.9. The summed E-state index contributed by atoms with van der Waals surface area (Å²) >= 11 is 0. The van der Waals surface area contributed by atoms with E-state index < -0.39 is 5.91 Å². The highest BCUT2D eigenvalue weighted by atomic mass is 16.5. The molecule has 1 atom stereocenters. The number of hydrogen-bond acceptors (Lipinski definition) is 4. The van der Waals surface area contributed by atoms with Crippen LogP contribution in [-0.2, 0) is 16.0 Å². The lowest BCUT2D eigenvalue weighted by atomic mass is 9.87. The molecule has 1 aliphatic rings. The van der Waals surface area contributed by atoms with Crippen LogP contribution in [-0.4, -0.2) is 30.8 Å². The highest BCUT2D eigenvalue weighted by Gasteiger charge is 2.19. The van der Waals surface area contributed by atoms with Crippen molar-refractivity contribution in [3.8, 4) is 5.75 Å². The Morgan fingerprint density at radius 3 is 3.16 bits per heavy atom. The van der Waals surface area contributed by atoms with Gasteiger partial charge in [-0.05, 0) is 42.5 Å². The second kappa shape index (κ2) is 6.54. The molecule has 1 amide bonds. The molecule has 0 bridgehead atoms. The summed E-state index contributed by atoms with van der Waals surface area (Å²) in [5.41, 5.74) is 7.44. The van der Waals surface area contributed by atoms with Crippen LogP contribution in [0.3, 0.4) is 0 Å². The summed E-state index contributed by atoms with van der Waals surface area (Å²) in [5, 5.41) is 13.0. The summed E-state index contributed by atoms with van der Waals surface area (Å²) in [6, 6.07) is 5.79. The molecule has 0 aliphatic heterocycles. The predicted molar refractivity (Wildman–Crippen MR) is 71.8 cm³/mol. The van der Waals surface area contributed by atoms with Crippen molar-refractivity contribution >= 4 is 5.91 Å². The number of hydrogen-bond donors (Lipinski definition) is 3. The quantitative estimate of drug-likeness (QED) is 0.665. The number of aryl methyl sites for hydroxylation is 1. The molecule has 0 aromatic heterocycles. The smallest absolute Gasteiger partial charge is 0.243 e. The Morgan fingerprint density at radius 2 is 2.37 bits per heavy atom. The van der Waals surface area contributed by atoms with E-state index in [-0.39, 0.29) is 12.6 Å². The van der Waals surface area contributed by atoms with Gasteiger partial charge in [-0.1, -0.05) is 6.07 Å². The van der Waals surface area contributed by atoms with Gasteiger partial charge in [-0.2, -0.15) is 0 Å². The third-order valence-electron chi connectivity index (χ3n) is 3.33. The third kappa shape index (κ3) is 3.94. The summed E-state index contributed by atoms with van der Waals surface area (Å²) in [5.74, 6) is -0.148. The van der Waals surface area contributed by atoms with Crippen LogP contribution >= 0.6 is 0 Å². The Kier molecular flexibility index (Phi) is 4.76. The van der Waals surface area contributed by atoms with Crippen LogP contribution in [0.2, 0.25) is 0 Å². The van der Waals surface area contributed by atoms with E-state index in [0.29, 0.717) is 18.9 Å². The van der Waals surface area contributed by atoms with Gasteiger partial charge in [0.25, 0.3) is 0 Å². The van der Waals surface area contributed by atoms with Crippen molar-refractivity contribution in [2.45, 2.75) is 25.3 Å². The van der Waals surface area contributed by atoms with Gasteiger partial charge in [0, 0.05) is 12.6 Å². The minimum Gasteiger partial charge on any atom is -0.508 e. The van der Waals surface area contributed by atoms with Crippen LogP contribution < -0.4 is 11.1 Å². The van der Waals surface area contributed by atoms with Gasteiger partial charge in [0.1, 0.15) is 12.4 Å². The molecular formula is C14H20N2O3. The molecule has 1 aromatic rings. The van der Waals surface area contributed by atoms with Crippen molar-refractivity contribution in [3.63, 3.8) is 0 Å². The van der Waals surface area contributed by atoms with Crippen LogP contribution in [0.1, 0.15) is 30.0 Å². The van der Waals surface area contributed by atoms with E-state index in [2.05, 4.69) is 5.32 Å². The normalized spacial score (nSPS) is 18.0. The number of nitrogens with one attached hydrogen (secondary N) is 1. The molecule has 0 radical (unpaired) electrons. The topological polar surface area (TPSA) is 84.6 Å². The first-order valence-electron chi connectivity index (χ1n) is 6.58. The van der Waals surface area contributed by atoms with Crippen LogP contribution in [0.4, 0.5) is 0 Å². The first-order valence-corrected chi connectivity index (χ1v) is 6.58. The molecule has 0 heterocycles. The number of nitrogens with two attached hydrogens (primary N) is 1. The minimum atomic E-state index is -0.451. The van der Waals surface area contributed by atoms with Gasteiger partial charge < -0.3 is 20.9 Å². The minimum absolute atomic E-state index is 0.0380. The number of ether oxygens (including phenoxy) is 1. The molecule has 0 saturated heterocycles. The number of carbonyl (C=O) groups is 1. The van der Waals surface area contributed by atoms with Gasteiger partial charge in [0.2, 0.25) is 5.91 Å². The van der Waals surface area contributed by atoms with Gasteiger partial charge in [-0.25, -0.2) is 0 Å². The van der Waals surface area contributed by atoms with Gasteiger partial charge >= 0.3 is 0 Å². The molecular weight excluding hydrogens is 244 g/mol. The van der Waals surface area contributed by atoms with E-state index in [9.17, 15) is 9.90 Å². The molecule has 5 nitrogen and oxygen atoms in total. The lowest BCUT2D eigenvalue weighted by Gasteiger charge is -2.26. The molecule has 2 rings (SSSR count). The number of primary amides is 1. The predicted octanol–water partition coefficient (Wildman–Crippen LogP) is 0.861. The molecule has 104 valence electrons. The summed E-state index contributed by atoms with van der Waals surface area (Å²) in [6.07, 6.45) is 3.25. The number of carbonyl (C=O) groups excluding carboxylic acids is 1. The maximum atomic E-state index is 10.5. The SMILES string of the molecule is NC(=O)COCCNC1CCCc2ccc(O)cc21. The largest absolute Gasteiger partial charge is 0.508 e. The van der Waals surface area contributed by atoms with Crippen molar-refractivity contribution in [1.82, 2.24) is 5.32 Å². The summed E-state index contributed by atoms with van der Waals surface area (Å²) < 4.78 is 5.11. The Labute approximate surface area is 112 Å². The van der Waals surface area contributed by atoms with Crippen LogP contribution in [0, 0.1) is 0 Å². The van der Waals surface area contributed by atoms with E-state index in [1.54, 1.807) is 6.07 Å². The Bertz CT molecular complexity index is 448. The Morgan fingerprint density at radius 1 is 1.53 bits per heavy atom. The molecule has 0 spiro atoms. The fourth-order valence-corrected chi connectivity index (χ4v) is 2.48. The summed E-state index contributed by atoms with van der Waals surface area (Å²) in [6.45, 7) is 1.07. The number of aromatic hydroxyl groups is 1. The first-order chi connectivity index (χ1) is 9.16. The molecule has 1 unspecified atom stereocenters. The van der Waals surface area contributed by atoms with Crippen molar-refractivity contribution in [2.24, 2.45) is 5.73 Å². The highest BCUT2D eigenvalue weighted by Crippen LogP contribution is 2.31. The monoisotopic (exact) mass is 264 g/mol. The Hall–Kier alpha value is -1.59. The third-order valence-corrected chi connectivity index (χ3v) is 3.33. The number of rotatable bonds is 6. The van der Waals surface area contributed by atoms with Crippen molar-refractivity contribution in [1.29, 1.82) is 0 Å². The highest BCUT2D eigenvalue weighted by molar-refractivity contribution is 5.74. The first kappa shape index (κ1) is 13.8. The maximum absolute atomic E-state index is 10.5. The molecule has 1 aliphatic carbocycles. The van der Waals surface area contributed by atoms with E-state index >= 15 is 0 Å². The standard InChI is InChI=1S/C14H20N2O3/c15-14(18)9-19-7-6-16-13-3-1-2-10-4-5-11(17)8-12(10)13/h4-5,8,13,16-17H,1-3,6-7,9H2,(H2,15,18). The molecule has 19 heavy (non-hydrogen) atoms. The van der Waals surface area contributed by atoms with E-state index in [1.807, 2.05) is 12.1 Å². The van der Waals surface area contributed by atoms with Gasteiger partial charge in [-0.3, -0.25) is 4.79 Å². The summed E-state index contributed by atoms with van der Waals surface area (Å²) in [7, 11) is 0. The second-order valence-corrected chi connectivity index (χ2v) is 4.80. The zero-order chi connectivity index (χ0) is 13.7. The van der Waals surface area contributed by atoms with Crippen LogP contribution in [0.25, 0.3) is 0 Å². The Balaban J connectivity index is 1.85. The van der Waals surface area contributed by atoms with Crippen molar-refractivity contribution in [2.75, 3.05) is 19.8 Å². The average Bonchev–Trinajstić information content (AvgIpc) is 2.38. The number of phenolic OH excluding ortho intramolecular Hbond substituents is 1. The van der Waals surface area contributed by atoms with E-state index in [1.165, 1.54) is 11.1 Å². The molecule has 4 N–H and O–H groups in total. The summed E-state index contributed by atoms with van der Waals surface area (Å²) in [4.78, 5) is 10.5. The number of phenols is 1. The molecule has 0 saturated carbocycles. The van der Waals surface area contributed by atoms with Gasteiger partial charge in [0.15, 0.2) is 0 Å².